The summed E-state index contributed by atoms with van der Waals surface area (Å²) in [7, 11) is 0. The Bertz CT molecular complexity index is 967. The Hall–Kier alpha value is -3.79. The Morgan fingerprint density at radius 1 is 0.829 bits per heavy atom. The molecule has 0 bridgehead atoms. The summed E-state index contributed by atoms with van der Waals surface area (Å²) in [5.41, 5.74) is 0. The summed E-state index contributed by atoms with van der Waals surface area (Å²) < 4.78 is 0. The quantitative estimate of drug-likeness (QED) is 0.0833. The maximum absolute atomic E-state index is 13.0. The molecule has 0 aliphatic carbocycles. The lowest BCUT2D eigenvalue weighted by Gasteiger charge is -2.25. The van der Waals surface area contributed by atoms with Crippen LogP contribution >= 0.6 is 0 Å². The summed E-state index contributed by atoms with van der Waals surface area (Å²) in [6.07, 6.45) is 0.806. The average molecular weight is 587 g/mol. The van der Waals surface area contributed by atoms with E-state index in [4.69, 9.17) is 0 Å². The number of aliphatic hydroxyl groups is 1. The minimum atomic E-state index is -1.59. The number of aliphatic carboxylic acids is 2. The number of aliphatic hydroxyl groups excluding tert-OH is 1. The van der Waals surface area contributed by atoms with Crippen molar-refractivity contribution in [2.24, 2.45) is 11.8 Å². The normalized spacial score (nSPS) is 17.6. The van der Waals surface area contributed by atoms with Crippen molar-refractivity contribution in [1.82, 2.24) is 31.9 Å². The smallest absolute Gasteiger partial charge is 0.326 e. The van der Waals surface area contributed by atoms with Crippen LogP contribution in [0.25, 0.3) is 0 Å². The highest BCUT2D eigenvalue weighted by atomic mass is 16.4. The van der Waals surface area contributed by atoms with Crippen molar-refractivity contribution in [2.45, 2.75) is 83.6 Å². The van der Waals surface area contributed by atoms with Gasteiger partial charge in [0.1, 0.15) is 24.2 Å². The maximum atomic E-state index is 13.0. The standard InChI is InChI=1S/C25H42N6O10/c1-12(2)8-15(29-22(37)14-6-5-7-26-14)23(38)30-16(9-19(34)35)21(36)27-10-18(33)28-17(11-32)24(39)31-20(13(3)4)25(40)41/h12-17,20,26,32H,5-11H2,1-4H3,(H,27,36)(H,28,33)(H,29,37)(H,30,38)(H,31,39)(H,34,35)(H,40,41)/t14-,15-,16-,17-,20-/m0/s1. The molecule has 1 aliphatic heterocycles. The first-order valence-corrected chi connectivity index (χ1v) is 13.4. The van der Waals surface area contributed by atoms with Gasteiger partial charge in [-0.05, 0) is 37.6 Å². The molecule has 232 valence electrons. The van der Waals surface area contributed by atoms with Crippen LogP contribution in [-0.2, 0) is 33.6 Å². The van der Waals surface area contributed by atoms with Crippen molar-refractivity contribution in [3.8, 4) is 0 Å². The van der Waals surface area contributed by atoms with E-state index in [2.05, 4.69) is 31.9 Å². The second-order valence-corrected chi connectivity index (χ2v) is 10.6. The van der Waals surface area contributed by atoms with Crippen LogP contribution in [0.15, 0.2) is 0 Å². The summed E-state index contributed by atoms with van der Waals surface area (Å²) >= 11 is 0. The SMILES string of the molecule is CC(C)C[C@H](NC(=O)[C@@H]1CCCN1)C(=O)N[C@@H](CC(=O)O)C(=O)NCC(=O)N[C@@H](CO)C(=O)N[C@H](C(=O)O)C(C)C. The first-order chi connectivity index (χ1) is 19.2. The van der Waals surface area contributed by atoms with E-state index in [0.29, 0.717) is 13.0 Å². The number of carboxylic acid groups (broad SMARTS) is 2. The van der Waals surface area contributed by atoms with E-state index in [1.54, 1.807) is 13.8 Å². The molecule has 1 fully saturated rings. The zero-order chi connectivity index (χ0) is 31.3. The molecule has 1 heterocycles. The van der Waals surface area contributed by atoms with Crippen LogP contribution in [0.4, 0.5) is 0 Å². The molecule has 1 rings (SSSR count). The van der Waals surface area contributed by atoms with E-state index in [0.717, 1.165) is 6.42 Å². The fraction of sp³-hybridized carbons (Fsp3) is 0.720. The number of hydrogen-bond donors (Lipinski definition) is 9. The predicted octanol–water partition coefficient (Wildman–Crippen LogP) is -2.95. The van der Waals surface area contributed by atoms with Crippen LogP contribution in [0.3, 0.4) is 0 Å². The van der Waals surface area contributed by atoms with E-state index >= 15 is 0 Å². The van der Waals surface area contributed by atoms with Gasteiger partial charge in [0.2, 0.25) is 29.5 Å². The number of nitrogens with one attached hydrogen (secondary N) is 6. The van der Waals surface area contributed by atoms with E-state index in [9.17, 15) is 48.9 Å². The predicted molar refractivity (Wildman–Crippen MR) is 143 cm³/mol. The molecule has 0 radical (unpaired) electrons. The molecule has 5 atom stereocenters. The Balaban J connectivity index is 2.81. The number of carbonyl (C=O) groups is 7. The molecule has 0 aromatic rings. The number of amides is 5. The molecular weight excluding hydrogens is 544 g/mol. The molecule has 0 saturated carbocycles. The monoisotopic (exact) mass is 586 g/mol. The highest BCUT2D eigenvalue weighted by Gasteiger charge is 2.32. The van der Waals surface area contributed by atoms with Crippen molar-refractivity contribution in [1.29, 1.82) is 0 Å². The van der Waals surface area contributed by atoms with Gasteiger partial charge in [0.15, 0.2) is 0 Å². The summed E-state index contributed by atoms with van der Waals surface area (Å²) in [6.45, 7) is 5.81. The van der Waals surface area contributed by atoms with Gasteiger partial charge in [-0.25, -0.2) is 4.79 Å². The van der Waals surface area contributed by atoms with Crippen LogP contribution in [-0.4, -0.2) is 107 Å². The lowest BCUT2D eigenvalue weighted by atomic mass is 10.0. The molecule has 1 saturated heterocycles. The number of carbonyl (C=O) groups excluding carboxylic acids is 5. The lowest BCUT2D eigenvalue weighted by molar-refractivity contribution is -0.143. The Morgan fingerprint density at radius 2 is 1.46 bits per heavy atom. The number of carboxylic acids is 2. The highest BCUT2D eigenvalue weighted by molar-refractivity contribution is 5.96. The van der Waals surface area contributed by atoms with E-state index in [1.165, 1.54) is 0 Å². The van der Waals surface area contributed by atoms with Gasteiger partial charge in [-0.15, -0.1) is 0 Å². The second kappa shape index (κ2) is 17.1. The molecule has 0 unspecified atom stereocenters. The van der Waals surface area contributed by atoms with Crippen molar-refractivity contribution in [3.63, 3.8) is 0 Å². The fourth-order valence-corrected chi connectivity index (χ4v) is 4.04. The third kappa shape index (κ3) is 12.5. The van der Waals surface area contributed by atoms with Crippen molar-refractivity contribution in [3.05, 3.63) is 0 Å². The maximum Gasteiger partial charge on any atom is 0.326 e. The van der Waals surface area contributed by atoms with Gasteiger partial charge in [-0.1, -0.05) is 27.7 Å². The molecule has 16 nitrogen and oxygen atoms in total. The topological polar surface area (TPSA) is 252 Å². The van der Waals surface area contributed by atoms with Crippen LogP contribution in [0.2, 0.25) is 0 Å². The van der Waals surface area contributed by atoms with Crippen LogP contribution in [0, 0.1) is 11.8 Å². The minimum absolute atomic E-state index is 0.0268. The summed E-state index contributed by atoms with van der Waals surface area (Å²) in [6, 6.07) is -5.89. The molecule has 1 aliphatic rings. The fourth-order valence-electron chi connectivity index (χ4n) is 4.04. The molecule has 41 heavy (non-hydrogen) atoms. The lowest BCUT2D eigenvalue weighted by Crippen LogP contribution is -2.58. The van der Waals surface area contributed by atoms with Gasteiger partial charge in [0, 0.05) is 0 Å². The van der Waals surface area contributed by atoms with Crippen molar-refractivity contribution in [2.75, 3.05) is 19.7 Å². The Labute approximate surface area is 237 Å². The van der Waals surface area contributed by atoms with Crippen LogP contribution in [0.1, 0.15) is 53.4 Å². The van der Waals surface area contributed by atoms with Gasteiger partial charge in [0.25, 0.3) is 0 Å². The average Bonchev–Trinajstić information content (AvgIpc) is 3.42. The summed E-state index contributed by atoms with van der Waals surface area (Å²) in [4.78, 5) is 85.6. The van der Waals surface area contributed by atoms with Crippen LogP contribution in [0.5, 0.6) is 0 Å². The number of rotatable bonds is 17. The zero-order valence-electron chi connectivity index (χ0n) is 23.7. The summed E-state index contributed by atoms with van der Waals surface area (Å²) in [5.74, 6) is -7.31. The van der Waals surface area contributed by atoms with Gasteiger partial charge in [0.05, 0.1) is 25.6 Å². The third-order valence-corrected chi connectivity index (χ3v) is 6.22. The first kappa shape index (κ1) is 35.2. The zero-order valence-corrected chi connectivity index (χ0v) is 23.7. The van der Waals surface area contributed by atoms with Crippen LogP contribution < -0.4 is 31.9 Å². The Morgan fingerprint density at radius 3 is 1.95 bits per heavy atom. The van der Waals surface area contributed by atoms with E-state index < -0.39 is 91.3 Å². The van der Waals surface area contributed by atoms with Gasteiger partial charge in [-0.2, -0.15) is 0 Å². The number of hydrogen-bond acceptors (Lipinski definition) is 9. The van der Waals surface area contributed by atoms with E-state index in [-0.39, 0.29) is 18.2 Å². The molecule has 9 N–H and O–H groups in total. The van der Waals surface area contributed by atoms with Crippen molar-refractivity contribution < 1.29 is 48.9 Å². The summed E-state index contributed by atoms with van der Waals surface area (Å²) in [5, 5.41) is 42.5. The first-order valence-electron chi connectivity index (χ1n) is 13.4. The largest absolute Gasteiger partial charge is 0.481 e. The van der Waals surface area contributed by atoms with Crippen molar-refractivity contribution >= 4 is 41.5 Å². The van der Waals surface area contributed by atoms with Gasteiger partial charge < -0.3 is 47.2 Å². The molecule has 5 amide bonds. The van der Waals surface area contributed by atoms with E-state index in [1.807, 2.05) is 13.8 Å². The molecule has 16 heteroatoms. The minimum Gasteiger partial charge on any atom is -0.481 e. The second-order valence-electron chi connectivity index (χ2n) is 10.6. The Kier molecular flexibility index (Phi) is 14.7. The highest BCUT2D eigenvalue weighted by Crippen LogP contribution is 2.10. The molecule has 0 aromatic carbocycles. The van der Waals surface area contributed by atoms with Gasteiger partial charge >= 0.3 is 11.9 Å². The molecule has 0 aromatic heterocycles. The van der Waals surface area contributed by atoms with Gasteiger partial charge in [-0.3, -0.25) is 28.8 Å². The third-order valence-electron chi connectivity index (χ3n) is 6.22. The molecular formula is C25H42N6O10. The molecule has 0 spiro atoms.